The highest BCUT2D eigenvalue weighted by atomic mass is 16.2. The van der Waals surface area contributed by atoms with Crippen LogP contribution in [0.2, 0.25) is 0 Å². The van der Waals surface area contributed by atoms with Gasteiger partial charge in [0.15, 0.2) is 0 Å². The van der Waals surface area contributed by atoms with E-state index in [0.717, 1.165) is 11.3 Å². The number of pyridine rings is 1. The third-order valence-corrected chi connectivity index (χ3v) is 3.72. The van der Waals surface area contributed by atoms with Crippen molar-refractivity contribution in [1.29, 1.82) is 0 Å². The minimum absolute atomic E-state index is 0.0437. The molecule has 4 N–H and O–H groups in total. The maximum atomic E-state index is 12.3. The molecule has 110 valence electrons. The number of nitrogens with two attached hydrogens (primary N) is 2. The molecule has 0 unspecified atom stereocenters. The number of para-hydroxylation sites is 1. The average Bonchev–Trinajstić information content (AvgIpc) is 2.50. The first-order chi connectivity index (χ1) is 10.5. The molecule has 3 aromatic rings. The summed E-state index contributed by atoms with van der Waals surface area (Å²) in [5, 5.41) is 0.443. The van der Waals surface area contributed by atoms with E-state index >= 15 is 0 Å². The Bertz CT molecular complexity index is 958. The summed E-state index contributed by atoms with van der Waals surface area (Å²) < 4.78 is 1.76. The summed E-state index contributed by atoms with van der Waals surface area (Å²) in [6.45, 7) is 1.91. The van der Waals surface area contributed by atoms with E-state index in [1.807, 2.05) is 31.2 Å². The molecule has 0 saturated carbocycles. The quantitative estimate of drug-likeness (QED) is 0.708. The molecule has 0 aliphatic rings. The van der Waals surface area contributed by atoms with Crippen LogP contribution < -0.4 is 16.9 Å². The van der Waals surface area contributed by atoms with Crippen LogP contribution in [0.4, 0.5) is 5.69 Å². The molecule has 0 radical (unpaired) electrons. The maximum absolute atomic E-state index is 12.3. The predicted octanol–water partition coefficient (Wildman–Crippen LogP) is 1.98. The number of aromatic nitrogens is 1. The highest BCUT2D eigenvalue weighted by molar-refractivity contribution is 5.96. The largest absolute Gasteiger partial charge is 0.398 e. The van der Waals surface area contributed by atoms with E-state index in [1.54, 1.807) is 22.8 Å². The van der Waals surface area contributed by atoms with Crippen LogP contribution >= 0.6 is 0 Å². The molecule has 5 nitrogen and oxygen atoms in total. The lowest BCUT2D eigenvalue weighted by atomic mass is 10.1. The van der Waals surface area contributed by atoms with Crippen LogP contribution in [-0.4, -0.2) is 10.5 Å². The second-order valence-electron chi connectivity index (χ2n) is 5.16. The van der Waals surface area contributed by atoms with E-state index in [-0.39, 0.29) is 11.0 Å². The van der Waals surface area contributed by atoms with Gasteiger partial charge in [0.25, 0.3) is 5.91 Å². The number of nitrogen functional groups attached to an aromatic ring is 1. The number of hydrogen-bond donors (Lipinski definition) is 2. The summed E-state index contributed by atoms with van der Waals surface area (Å²) in [5.41, 5.74) is 14.0. The average molecular weight is 293 g/mol. The lowest BCUT2D eigenvalue weighted by Gasteiger charge is -2.14. The van der Waals surface area contributed by atoms with Crippen molar-refractivity contribution < 1.29 is 4.79 Å². The lowest BCUT2D eigenvalue weighted by molar-refractivity contribution is 0.0999. The molecule has 1 heterocycles. The highest BCUT2D eigenvalue weighted by Crippen LogP contribution is 2.21. The Morgan fingerprint density at radius 1 is 1.14 bits per heavy atom. The summed E-state index contributed by atoms with van der Waals surface area (Å²) in [6.07, 6.45) is 1.47. The number of rotatable bonds is 2. The summed E-state index contributed by atoms with van der Waals surface area (Å²) in [5.74, 6) is -0.746. The van der Waals surface area contributed by atoms with Crippen molar-refractivity contribution in [2.45, 2.75) is 6.92 Å². The molecule has 3 rings (SSSR count). The molecule has 0 bridgehead atoms. The molecule has 0 aliphatic heterocycles. The predicted molar refractivity (Wildman–Crippen MR) is 87.2 cm³/mol. The highest BCUT2D eigenvalue weighted by Gasteiger charge is 2.13. The van der Waals surface area contributed by atoms with E-state index in [1.165, 1.54) is 6.20 Å². The van der Waals surface area contributed by atoms with Crippen molar-refractivity contribution in [1.82, 2.24) is 4.57 Å². The Labute approximate surface area is 126 Å². The van der Waals surface area contributed by atoms with Gasteiger partial charge in [-0.3, -0.25) is 9.59 Å². The lowest BCUT2D eigenvalue weighted by Crippen LogP contribution is -2.23. The van der Waals surface area contributed by atoms with Crippen molar-refractivity contribution in [3.63, 3.8) is 0 Å². The number of primary amides is 1. The zero-order valence-electron chi connectivity index (χ0n) is 12.0. The number of carbonyl (C=O) groups is 1. The first-order valence-electron chi connectivity index (χ1n) is 6.80. The maximum Gasteiger partial charge on any atom is 0.254 e. The van der Waals surface area contributed by atoms with Gasteiger partial charge in [-0.05, 0) is 36.8 Å². The number of amides is 1. The summed E-state index contributed by atoms with van der Waals surface area (Å²) in [4.78, 5) is 23.9. The van der Waals surface area contributed by atoms with Gasteiger partial charge < -0.3 is 16.0 Å². The normalized spacial score (nSPS) is 10.8. The molecule has 0 spiro atoms. The van der Waals surface area contributed by atoms with E-state index in [4.69, 9.17) is 11.5 Å². The third-order valence-electron chi connectivity index (χ3n) is 3.72. The fourth-order valence-corrected chi connectivity index (χ4v) is 2.44. The molecule has 1 aromatic heterocycles. The van der Waals surface area contributed by atoms with Gasteiger partial charge >= 0.3 is 0 Å². The fraction of sp³-hybridized carbons (Fsp3) is 0.0588. The molecule has 0 saturated heterocycles. The molecule has 0 aliphatic carbocycles. The second-order valence-corrected chi connectivity index (χ2v) is 5.16. The first kappa shape index (κ1) is 13.9. The Morgan fingerprint density at radius 2 is 1.86 bits per heavy atom. The van der Waals surface area contributed by atoms with E-state index in [2.05, 4.69) is 0 Å². The molecule has 2 aromatic carbocycles. The van der Waals surface area contributed by atoms with Gasteiger partial charge in [0, 0.05) is 23.0 Å². The van der Waals surface area contributed by atoms with Gasteiger partial charge in [-0.1, -0.05) is 18.2 Å². The number of hydrogen-bond acceptors (Lipinski definition) is 3. The standard InChI is InChI=1S/C17H15N3O2/c1-10-6-7-11(8-14(10)18)20-9-13(17(19)22)16(21)12-4-2-3-5-15(12)20/h2-9H,18H2,1H3,(H2,19,22). The molecular weight excluding hydrogens is 278 g/mol. The zero-order valence-corrected chi connectivity index (χ0v) is 12.0. The van der Waals surface area contributed by atoms with E-state index < -0.39 is 5.91 Å². The SMILES string of the molecule is Cc1ccc(-n2cc(C(N)=O)c(=O)c3ccccc32)cc1N. The van der Waals surface area contributed by atoms with Crippen molar-refractivity contribution in [2.75, 3.05) is 5.73 Å². The molecule has 1 amide bonds. The summed E-state index contributed by atoms with van der Waals surface area (Å²) >= 11 is 0. The number of anilines is 1. The van der Waals surface area contributed by atoms with Crippen molar-refractivity contribution in [3.05, 3.63) is 70.0 Å². The minimum Gasteiger partial charge on any atom is -0.398 e. The Morgan fingerprint density at radius 3 is 2.55 bits per heavy atom. The smallest absolute Gasteiger partial charge is 0.254 e. The topological polar surface area (TPSA) is 91.1 Å². The number of carbonyl (C=O) groups excluding carboxylic acids is 1. The monoisotopic (exact) mass is 293 g/mol. The number of benzene rings is 2. The molecule has 22 heavy (non-hydrogen) atoms. The Kier molecular flexibility index (Phi) is 3.18. The van der Waals surface area contributed by atoms with Gasteiger partial charge in [0.1, 0.15) is 5.56 Å². The molecular formula is C17H15N3O2. The van der Waals surface area contributed by atoms with Gasteiger partial charge in [0.05, 0.1) is 5.52 Å². The Balaban J connectivity index is 2.42. The number of aryl methyl sites for hydroxylation is 1. The molecule has 0 fully saturated rings. The fourth-order valence-electron chi connectivity index (χ4n) is 2.44. The first-order valence-corrected chi connectivity index (χ1v) is 6.80. The van der Waals surface area contributed by atoms with Gasteiger partial charge in [0.2, 0.25) is 5.43 Å². The molecule has 5 heteroatoms. The van der Waals surface area contributed by atoms with E-state index in [0.29, 0.717) is 16.6 Å². The number of fused-ring (bicyclic) bond motifs is 1. The van der Waals surface area contributed by atoms with Gasteiger partial charge in [-0.2, -0.15) is 0 Å². The van der Waals surface area contributed by atoms with Crippen LogP contribution in [0.3, 0.4) is 0 Å². The third kappa shape index (κ3) is 2.13. The Hall–Kier alpha value is -3.08. The van der Waals surface area contributed by atoms with Crippen LogP contribution in [0.1, 0.15) is 15.9 Å². The summed E-state index contributed by atoms with van der Waals surface area (Å²) in [6, 6.07) is 12.7. The van der Waals surface area contributed by atoms with E-state index in [9.17, 15) is 9.59 Å². The van der Waals surface area contributed by atoms with Crippen molar-refractivity contribution in [3.8, 4) is 5.69 Å². The van der Waals surface area contributed by atoms with Crippen LogP contribution in [0.5, 0.6) is 0 Å². The zero-order chi connectivity index (χ0) is 15.9. The number of nitrogens with zero attached hydrogens (tertiary/aromatic N) is 1. The van der Waals surface area contributed by atoms with Crippen LogP contribution in [0, 0.1) is 6.92 Å². The van der Waals surface area contributed by atoms with Crippen LogP contribution in [-0.2, 0) is 0 Å². The van der Waals surface area contributed by atoms with Gasteiger partial charge in [-0.25, -0.2) is 0 Å². The van der Waals surface area contributed by atoms with Crippen LogP contribution in [0.15, 0.2) is 53.5 Å². The molecule has 0 atom stereocenters. The van der Waals surface area contributed by atoms with Gasteiger partial charge in [-0.15, -0.1) is 0 Å². The van der Waals surface area contributed by atoms with Crippen LogP contribution in [0.25, 0.3) is 16.6 Å². The van der Waals surface area contributed by atoms with Crippen molar-refractivity contribution in [2.24, 2.45) is 5.73 Å². The minimum atomic E-state index is -0.746. The second kappa shape index (κ2) is 5.04. The summed E-state index contributed by atoms with van der Waals surface area (Å²) in [7, 11) is 0. The van der Waals surface area contributed by atoms with Crippen molar-refractivity contribution >= 4 is 22.5 Å².